The summed E-state index contributed by atoms with van der Waals surface area (Å²) in [6.45, 7) is 0.263. The standard InChI is InChI=1S/C21H23FN2OS/c22-16-9-10-18-15(12-16)13-19(20-8-5-11-26-20)24(18)14-21(25)23-17-6-3-1-2-4-7-17/h5,8-13,17H,1-4,6-7,14H2,(H,23,25). The lowest BCUT2D eigenvalue weighted by atomic mass is 10.1. The third-order valence-corrected chi connectivity index (χ3v) is 6.05. The number of benzene rings is 1. The minimum Gasteiger partial charge on any atom is -0.352 e. The number of hydrogen-bond donors (Lipinski definition) is 1. The molecule has 4 rings (SSSR count). The van der Waals surface area contributed by atoms with Gasteiger partial charge in [0.2, 0.25) is 5.91 Å². The van der Waals surface area contributed by atoms with Gasteiger partial charge >= 0.3 is 0 Å². The van der Waals surface area contributed by atoms with Gasteiger partial charge in [0.25, 0.3) is 0 Å². The molecule has 3 nitrogen and oxygen atoms in total. The molecule has 1 saturated carbocycles. The van der Waals surface area contributed by atoms with Crippen LogP contribution in [0.15, 0.2) is 41.8 Å². The first-order valence-corrected chi connectivity index (χ1v) is 10.2. The number of nitrogens with zero attached hydrogens (tertiary/aromatic N) is 1. The van der Waals surface area contributed by atoms with Crippen LogP contribution < -0.4 is 5.32 Å². The fourth-order valence-electron chi connectivity index (χ4n) is 3.88. The average Bonchev–Trinajstić information content (AvgIpc) is 3.18. The Bertz CT molecular complexity index is 892. The van der Waals surface area contributed by atoms with Gasteiger partial charge in [0.15, 0.2) is 0 Å². The molecule has 1 aromatic carbocycles. The first kappa shape index (κ1) is 17.3. The normalized spacial score (nSPS) is 15.9. The fraction of sp³-hybridized carbons (Fsp3) is 0.381. The molecular weight excluding hydrogens is 347 g/mol. The molecule has 2 aromatic heterocycles. The molecular formula is C21H23FN2OS. The third-order valence-electron chi connectivity index (χ3n) is 5.16. The summed E-state index contributed by atoms with van der Waals surface area (Å²) < 4.78 is 15.7. The molecule has 0 unspecified atom stereocenters. The first-order valence-electron chi connectivity index (χ1n) is 9.33. The summed E-state index contributed by atoms with van der Waals surface area (Å²) in [6.07, 6.45) is 7.06. The van der Waals surface area contributed by atoms with Crippen molar-refractivity contribution in [3.8, 4) is 10.6 Å². The molecule has 1 aliphatic rings. The maximum Gasteiger partial charge on any atom is 0.240 e. The van der Waals surface area contributed by atoms with Crippen LogP contribution in [0.5, 0.6) is 0 Å². The zero-order valence-electron chi connectivity index (χ0n) is 14.7. The topological polar surface area (TPSA) is 34.0 Å². The maximum absolute atomic E-state index is 13.6. The van der Waals surface area contributed by atoms with E-state index < -0.39 is 0 Å². The highest BCUT2D eigenvalue weighted by Gasteiger charge is 2.18. The second kappa shape index (κ2) is 7.62. The molecule has 1 N–H and O–H groups in total. The van der Waals surface area contributed by atoms with E-state index in [1.54, 1.807) is 17.4 Å². The largest absolute Gasteiger partial charge is 0.352 e. The first-order chi connectivity index (χ1) is 12.7. The second-order valence-corrected chi connectivity index (χ2v) is 8.00. The molecule has 1 aliphatic carbocycles. The maximum atomic E-state index is 13.6. The van der Waals surface area contributed by atoms with Crippen LogP contribution in [0.2, 0.25) is 0 Å². The molecule has 0 atom stereocenters. The van der Waals surface area contributed by atoms with Crippen molar-refractivity contribution in [3.63, 3.8) is 0 Å². The molecule has 0 aliphatic heterocycles. The molecule has 1 fully saturated rings. The zero-order chi connectivity index (χ0) is 17.9. The van der Waals surface area contributed by atoms with Gasteiger partial charge in [-0.15, -0.1) is 11.3 Å². The number of hydrogen-bond acceptors (Lipinski definition) is 2. The predicted molar refractivity (Wildman–Crippen MR) is 105 cm³/mol. The van der Waals surface area contributed by atoms with Crippen LogP contribution in [0.1, 0.15) is 38.5 Å². The molecule has 5 heteroatoms. The van der Waals surface area contributed by atoms with Crippen molar-refractivity contribution in [2.75, 3.05) is 0 Å². The number of nitrogens with one attached hydrogen (secondary N) is 1. The summed E-state index contributed by atoms with van der Waals surface area (Å²) in [5, 5.41) is 6.06. The Hall–Kier alpha value is -2.14. The van der Waals surface area contributed by atoms with Crippen molar-refractivity contribution in [2.45, 2.75) is 51.1 Å². The van der Waals surface area contributed by atoms with Crippen molar-refractivity contribution in [1.82, 2.24) is 9.88 Å². The summed E-state index contributed by atoms with van der Waals surface area (Å²) >= 11 is 1.63. The van der Waals surface area contributed by atoms with Gasteiger partial charge in [-0.1, -0.05) is 31.7 Å². The highest BCUT2D eigenvalue weighted by molar-refractivity contribution is 7.13. The Balaban J connectivity index is 1.62. The predicted octanol–water partition coefficient (Wildman–Crippen LogP) is 5.35. The van der Waals surface area contributed by atoms with E-state index in [2.05, 4.69) is 5.32 Å². The quantitative estimate of drug-likeness (QED) is 0.617. The van der Waals surface area contributed by atoms with Crippen LogP contribution in [-0.2, 0) is 11.3 Å². The Labute approximate surface area is 156 Å². The van der Waals surface area contributed by atoms with Gasteiger partial charge in [0, 0.05) is 16.9 Å². The number of halogens is 1. The Kier molecular flexibility index (Phi) is 5.07. The van der Waals surface area contributed by atoms with Gasteiger partial charge in [0.05, 0.1) is 10.6 Å². The minimum atomic E-state index is -0.254. The zero-order valence-corrected chi connectivity index (χ0v) is 15.5. The number of amides is 1. The number of carbonyl (C=O) groups excluding carboxylic acids is 1. The summed E-state index contributed by atoms with van der Waals surface area (Å²) in [7, 11) is 0. The van der Waals surface area contributed by atoms with Crippen LogP contribution in [0.3, 0.4) is 0 Å². The molecule has 1 amide bonds. The number of aromatic nitrogens is 1. The second-order valence-electron chi connectivity index (χ2n) is 7.05. The summed E-state index contributed by atoms with van der Waals surface area (Å²) in [5.41, 5.74) is 1.86. The van der Waals surface area contributed by atoms with Crippen molar-refractivity contribution in [2.24, 2.45) is 0 Å². The van der Waals surface area contributed by atoms with Crippen LogP contribution in [0.25, 0.3) is 21.5 Å². The molecule has 0 saturated heterocycles. The van der Waals surface area contributed by atoms with Crippen molar-refractivity contribution in [3.05, 3.63) is 47.6 Å². The molecule has 2 heterocycles. The van der Waals surface area contributed by atoms with Crippen LogP contribution in [0, 0.1) is 5.82 Å². The van der Waals surface area contributed by atoms with Crippen molar-refractivity contribution >= 4 is 28.1 Å². The van der Waals surface area contributed by atoms with Gasteiger partial charge in [-0.2, -0.15) is 0 Å². The van der Waals surface area contributed by atoms with E-state index in [-0.39, 0.29) is 24.3 Å². The van der Waals surface area contributed by atoms with Crippen LogP contribution in [0.4, 0.5) is 4.39 Å². The van der Waals surface area contributed by atoms with Gasteiger partial charge in [-0.25, -0.2) is 4.39 Å². The molecule has 136 valence electrons. The highest BCUT2D eigenvalue weighted by Crippen LogP contribution is 2.31. The Morgan fingerprint density at radius 1 is 1.15 bits per heavy atom. The lowest BCUT2D eigenvalue weighted by molar-refractivity contribution is -0.122. The van der Waals surface area contributed by atoms with E-state index in [0.29, 0.717) is 0 Å². The monoisotopic (exact) mass is 370 g/mol. The Morgan fingerprint density at radius 3 is 2.69 bits per heavy atom. The smallest absolute Gasteiger partial charge is 0.240 e. The van der Waals surface area contributed by atoms with E-state index in [0.717, 1.165) is 34.3 Å². The molecule has 3 aromatic rings. The van der Waals surface area contributed by atoms with Gasteiger partial charge in [0.1, 0.15) is 12.4 Å². The van der Waals surface area contributed by atoms with Crippen molar-refractivity contribution in [1.29, 1.82) is 0 Å². The van der Waals surface area contributed by atoms with Gasteiger partial charge in [-0.3, -0.25) is 4.79 Å². The van der Waals surface area contributed by atoms with Crippen LogP contribution in [-0.4, -0.2) is 16.5 Å². The lowest BCUT2D eigenvalue weighted by Gasteiger charge is -2.17. The summed E-state index contributed by atoms with van der Waals surface area (Å²) in [5.74, 6) is -0.216. The average molecular weight is 370 g/mol. The number of carbonyl (C=O) groups is 1. The van der Waals surface area contributed by atoms with E-state index in [9.17, 15) is 9.18 Å². The van der Waals surface area contributed by atoms with Gasteiger partial charge < -0.3 is 9.88 Å². The third kappa shape index (κ3) is 3.68. The Morgan fingerprint density at radius 2 is 1.96 bits per heavy atom. The number of rotatable bonds is 4. The number of thiophene rings is 1. The van der Waals surface area contributed by atoms with E-state index in [1.165, 1.54) is 37.8 Å². The number of fused-ring (bicyclic) bond motifs is 1. The molecule has 26 heavy (non-hydrogen) atoms. The van der Waals surface area contributed by atoms with Crippen LogP contribution >= 0.6 is 11.3 Å². The minimum absolute atomic E-state index is 0.0385. The SMILES string of the molecule is O=C(Cn1c(-c2cccs2)cc2cc(F)ccc21)NC1CCCCCC1. The van der Waals surface area contributed by atoms with Gasteiger partial charge in [-0.05, 0) is 48.6 Å². The van der Waals surface area contributed by atoms with E-state index in [4.69, 9.17) is 0 Å². The summed E-state index contributed by atoms with van der Waals surface area (Å²) in [6, 6.07) is 11.0. The molecule has 0 radical (unpaired) electrons. The van der Waals surface area contributed by atoms with Crippen molar-refractivity contribution < 1.29 is 9.18 Å². The fourth-order valence-corrected chi connectivity index (χ4v) is 4.63. The van der Waals surface area contributed by atoms with E-state index >= 15 is 0 Å². The highest BCUT2D eigenvalue weighted by atomic mass is 32.1. The molecule has 0 bridgehead atoms. The lowest BCUT2D eigenvalue weighted by Crippen LogP contribution is -2.36. The molecule has 0 spiro atoms. The summed E-state index contributed by atoms with van der Waals surface area (Å²) in [4.78, 5) is 13.8. The van der Waals surface area contributed by atoms with E-state index in [1.807, 2.05) is 28.1 Å².